The third-order valence-electron chi connectivity index (χ3n) is 4.33. The van der Waals surface area contributed by atoms with Crippen LogP contribution in [0.1, 0.15) is 25.1 Å². The Hall–Kier alpha value is -1.95. The number of amides is 1. The third kappa shape index (κ3) is 2.90. The number of hydrogen-bond acceptors (Lipinski definition) is 4. The number of nitrogens with two attached hydrogens (primary N) is 1. The predicted octanol–water partition coefficient (Wildman–Crippen LogP) is 0.763. The first-order valence-corrected chi connectivity index (χ1v) is 7.56. The topological polar surface area (TPSA) is 85.3 Å². The maximum atomic E-state index is 12.2. The lowest BCUT2D eigenvalue weighted by molar-refractivity contribution is -0.125. The highest BCUT2D eigenvalue weighted by atomic mass is 16.1. The number of aromatic nitrogens is 3. The summed E-state index contributed by atoms with van der Waals surface area (Å²) in [5.41, 5.74) is 6.56. The highest BCUT2D eigenvalue weighted by Crippen LogP contribution is 2.30. The van der Waals surface area contributed by atoms with Gasteiger partial charge in [0.2, 0.25) is 5.91 Å². The van der Waals surface area contributed by atoms with E-state index in [0.29, 0.717) is 25.4 Å². The Labute approximate surface area is 123 Å². The van der Waals surface area contributed by atoms with Gasteiger partial charge in [-0.05, 0) is 37.4 Å². The van der Waals surface area contributed by atoms with Gasteiger partial charge in [0.05, 0.1) is 0 Å². The number of nitrogens with one attached hydrogen (secondary N) is 1. The van der Waals surface area contributed by atoms with E-state index in [2.05, 4.69) is 15.5 Å². The minimum atomic E-state index is 0.0881. The van der Waals surface area contributed by atoms with Crippen LogP contribution in [0.4, 0.5) is 0 Å². The first-order chi connectivity index (χ1) is 10.3. The molecule has 0 saturated heterocycles. The fourth-order valence-electron chi connectivity index (χ4n) is 3.15. The van der Waals surface area contributed by atoms with Crippen LogP contribution >= 0.6 is 0 Å². The van der Waals surface area contributed by atoms with Crippen molar-refractivity contribution in [2.45, 2.75) is 25.7 Å². The molecule has 2 aromatic heterocycles. The average Bonchev–Trinajstić information content (AvgIpc) is 3.14. The van der Waals surface area contributed by atoms with Crippen LogP contribution < -0.4 is 11.1 Å². The molecule has 21 heavy (non-hydrogen) atoms. The summed E-state index contributed by atoms with van der Waals surface area (Å²) in [5, 5.41) is 11.3. The van der Waals surface area contributed by atoms with Gasteiger partial charge in [-0.3, -0.25) is 9.20 Å². The van der Waals surface area contributed by atoms with Crippen LogP contribution in [0, 0.1) is 11.8 Å². The smallest absolute Gasteiger partial charge is 0.223 e. The molecule has 2 aromatic rings. The van der Waals surface area contributed by atoms with Crippen LogP contribution in [0.2, 0.25) is 0 Å². The van der Waals surface area contributed by atoms with Crippen molar-refractivity contribution in [1.29, 1.82) is 0 Å². The monoisotopic (exact) mass is 287 g/mol. The van der Waals surface area contributed by atoms with Crippen molar-refractivity contribution in [3.05, 3.63) is 30.2 Å². The molecule has 2 heterocycles. The number of carbonyl (C=O) groups is 1. The third-order valence-corrected chi connectivity index (χ3v) is 4.33. The van der Waals surface area contributed by atoms with Crippen LogP contribution in [-0.2, 0) is 11.2 Å². The maximum absolute atomic E-state index is 12.2. The maximum Gasteiger partial charge on any atom is 0.223 e. The van der Waals surface area contributed by atoms with E-state index in [-0.39, 0.29) is 11.8 Å². The molecule has 0 aliphatic heterocycles. The van der Waals surface area contributed by atoms with E-state index >= 15 is 0 Å². The summed E-state index contributed by atoms with van der Waals surface area (Å²) < 4.78 is 1.95. The summed E-state index contributed by atoms with van der Waals surface area (Å²) >= 11 is 0. The van der Waals surface area contributed by atoms with Gasteiger partial charge in [0.15, 0.2) is 5.65 Å². The van der Waals surface area contributed by atoms with Crippen molar-refractivity contribution >= 4 is 11.6 Å². The Balaban J connectivity index is 1.55. The summed E-state index contributed by atoms with van der Waals surface area (Å²) in [6, 6.07) is 5.80. The molecule has 3 N–H and O–H groups in total. The SMILES string of the molecule is NCC1CCCC1C(=O)NCCc1nnc2ccccn12. The molecule has 1 aliphatic rings. The average molecular weight is 287 g/mol. The second-order valence-corrected chi connectivity index (χ2v) is 5.62. The highest BCUT2D eigenvalue weighted by Gasteiger charge is 2.31. The van der Waals surface area contributed by atoms with E-state index in [4.69, 9.17) is 5.73 Å². The number of rotatable bonds is 5. The van der Waals surface area contributed by atoms with E-state index in [9.17, 15) is 4.79 Å². The summed E-state index contributed by atoms with van der Waals surface area (Å²) in [7, 11) is 0. The molecular weight excluding hydrogens is 266 g/mol. The van der Waals surface area contributed by atoms with Gasteiger partial charge in [0.25, 0.3) is 0 Å². The Kier molecular flexibility index (Phi) is 4.15. The van der Waals surface area contributed by atoms with Crippen molar-refractivity contribution in [2.24, 2.45) is 17.6 Å². The fourth-order valence-corrected chi connectivity index (χ4v) is 3.15. The molecule has 3 rings (SSSR count). The first kappa shape index (κ1) is 14.0. The minimum absolute atomic E-state index is 0.0881. The summed E-state index contributed by atoms with van der Waals surface area (Å²) in [6.45, 7) is 1.19. The molecule has 1 amide bonds. The van der Waals surface area contributed by atoms with Crippen molar-refractivity contribution in [3.8, 4) is 0 Å². The number of hydrogen-bond donors (Lipinski definition) is 2. The molecule has 6 nitrogen and oxygen atoms in total. The van der Waals surface area contributed by atoms with Gasteiger partial charge < -0.3 is 11.1 Å². The summed E-state index contributed by atoms with van der Waals surface area (Å²) in [5.74, 6) is 1.44. The fraction of sp³-hybridized carbons (Fsp3) is 0.533. The predicted molar refractivity (Wildman–Crippen MR) is 79.6 cm³/mol. The Bertz CT molecular complexity index is 623. The second-order valence-electron chi connectivity index (χ2n) is 5.62. The van der Waals surface area contributed by atoms with Crippen LogP contribution in [0.5, 0.6) is 0 Å². The highest BCUT2D eigenvalue weighted by molar-refractivity contribution is 5.79. The van der Waals surface area contributed by atoms with E-state index in [1.54, 1.807) is 0 Å². The molecule has 6 heteroatoms. The zero-order chi connectivity index (χ0) is 14.7. The lowest BCUT2D eigenvalue weighted by Crippen LogP contribution is -2.36. The summed E-state index contributed by atoms with van der Waals surface area (Å²) in [4.78, 5) is 12.2. The van der Waals surface area contributed by atoms with Gasteiger partial charge in [-0.2, -0.15) is 0 Å². The molecule has 2 atom stereocenters. The zero-order valence-corrected chi connectivity index (χ0v) is 12.0. The molecule has 1 fully saturated rings. The number of fused-ring (bicyclic) bond motifs is 1. The number of carbonyl (C=O) groups excluding carboxylic acids is 1. The molecule has 112 valence electrons. The molecular formula is C15H21N5O. The normalized spacial score (nSPS) is 21.8. The van der Waals surface area contributed by atoms with Gasteiger partial charge in [-0.1, -0.05) is 12.5 Å². The van der Waals surface area contributed by atoms with Crippen molar-refractivity contribution in [1.82, 2.24) is 19.9 Å². The lowest BCUT2D eigenvalue weighted by Gasteiger charge is -2.17. The van der Waals surface area contributed by atoms with Gasteiger partial charge in [-0.25, -0.2) is 0 Å². The Morgan fingerprint density at radius 1 is 1.38 bits per heavy atom. The Morgan fingerprint density at radius 3 is 3.14 bits per heavy atom. The van der Waals surface area contributed by atoms with E-state index in [1.165, 1.54) is 0 Å². The number of nitrogens with zero attached hydrogens (tertiary/aromatic N) is 3. The molecule has 0 radical (unpaired) electrons. The standard InChI is InChI=1S/C15H21N5O/c16-10-11-4-3-5-12(11)15(21)17-8-7-14-19-18-13-6-1-2-9-20(13)14/h1-2,6,9,11-12H,3-5,7-8,10,16H2,(H,17,21). The number of pyridine rings is 1. The van der Waals surface area contributed by atoms with Crippen LogP contribution in [-0.4, -0.2) is 33.6 Å². The lowest BCUT2D eigenvalue weighted by atomic mass is 9.95. The van der Waals surface area contributed by atoms with Crippen LogP contribution in [0.25, 0.3) is 5.65 Å². The van der Waals surface area contributed by atoms with Gasteiger partial charge >= 0.3 is 0 Å². The van der Waals surface area contributed by atoms with Gasteiger partial charge in [0.1, 0.15) is 5.82 Å². The summed E-state index contributed by atoms with van der Waals surface area (Å²) in [6.07, 6.45) is 5.75. The largest absolute Gasteiger partial charge is 0.355 e. The van der Waals surface area contributed by atoms with Crippen LogP contribution in [0.15, 0.2) is 24.4 Å². The van der Waals surface area contributed by atoms with Gasteiger partial charge in [-0.15, -0.1) is 10.2 Å². The van der Waals surface area contributed by atoms with Crippen molar-refractivity contribution in [3.63, 3.8) is 0 Å². The zero-order valence-electron chi connectivity index (χ0n) is 12.0. The molecule has 0 aromatic carbocycles. The molecule has 2 unspecified atom stereocenters. The first-order valence-electron chi connectivity index (χ1n) is 7.56. The molecule has 0 spiro atoms. The molecule has 1 aliphatic carbocycles. The van der Waals surface area contributed by atoms with E-state index in [0.717, 1.165) is 30.7 Å². The van der Waals surface area contributed by atoms with E-state index < -0.39 is 0 Å². The van der Waals surface area contributed by atoms with Crippen LogP contribution in [0.3, 0.4) is 0 Å². The molecule has 1 saturated carbocycles. The minimum Gasteiger partial charge on any atom is -0.355 e. The quantitative estimate of drug-likeness (QED) is 0.850. The van der Waals surface area contributed by atoms with Gasteiger partial charge in [0, 0.05) is 25.1 Å². The molecule has 0 bridgehead atoms. The second kappa shape index (κ2) is 6.22. The Morgan fingerprint density at radius 2 is 2.29 bits per heavy atom. The van der Waals surface area contributed by atoms with Crippen molar-refractivity contribution in [2.75, 3.05) is 13.1 Å². The van der Waals surface area contributed by atoms with E-state index in [1.807, 2.05) is 28.8 Å². The van der Waals surface area contributed by atoms with Crippen molar-refractivity contribution < 1.29 is 4.79 Å².